The van der Waals surface area contributed by atoms with Crippen molar-refractivity contribution in [2.24, 2.45) is 5.73 Å². The van der Waals surface area contributed by atoms with Crippen LogP contribution in [-0.4, -0.2) is 27.1 Å². The van der Waals surface area contributed by atoms with Crippen molar-refractivity contribution < 1.29 is 9.59 Å². The van der Waals surface area contributed by atoms with Gasteiger partial charge < -0.3 is 11.1 Å². The first-order valence-corrected chi connectivity index (χ1v) is 11.0. The van der Waals surface area contributed by atoms with Gasteiger partial charge in [-0.1, -0.05) is 59.8 Å². The molecule has 1 heterocycles. The van der Waals surface area contributed by atoms with E-state index in [0.717, 1.165) is 22.1 Å². The van der Waals surface area contributed by atoms with Crippen LogP contribution in [0.4, 0.5) is 5.69 Å². The number of rotatable bonds is 7. The van der Waals surface area contributed by atoms with Gasteiger partial charge in [-0.25, -0.2) is 4.98 Å². The molecule has 7 heteroatoms. The number of nitrogens with one attached hydrogen (secondary N) is 1. The zero-order valence-electron chi connectivity index (χ0n) is 17.5. The van der Waals surface area contributed by atoms with Crippen LogP contribution in [0.15, 0.2) is 90.2 Å². The highest BCUT2D eigenvalue weighted by atomic mass is 32.2. The zero-order chi connectivity index (χ0) is 22.5. The molecule has 6 nitrogen and oxygen atoms in total. The van der Waals surface area contributed by atoms with Gasteiger partial charge in [0.25, 0.3) is 0 Å². The van der Waals surface area contributed by atoms with Crippen LogP contribution < -0.4 is 11.1 Å². The Kier molecular flexibility index (Phi) is 6.37. The van der Waals surface area contributed by atoms with Gasteiger partial charge in [0, 0.05) is 22.5 Å². The SMILES string of the molecule is Cc1ccc(-n2c(-c3ccccc3)cnc2SCC(=O)Nc2ccc(C(N)=O)cc2)cc1. The third-order valence-electron chi connectivity index (χ3n) is 4.88. The molecule has 0 aliphatic rings. The molecule has 0 atom stereocenters. The molecule has 0 saturated heterocycles. The minimum atomic E-state index is -0.504. The number of thioether (sulfide) groups is 1. The second-order valence-corrected chi connectivity index (χ2v) is 8.18. The van der Waals surface area contributed by atoms with Crippen molar-refractivity contribution in [3.05, 3.63) is 96.2 Å². The predicted molar refractivity (Wildman–Crippen MR) is 128 cm³/mol. The summed E-state index contributed by atoms with van der Waals surface area (Å²) < 4.78 is 2.06. The van der Waals surface area contributed by atoms with E-state index in [1.165, 1.54) is 17.3 Å². The maximum absolute atomic E-state index is 12.5. The maximum atomic E-state index is 12.5. The molecule has 0 fully saturated rings. The molecular weight excluding hydrogens is 420 g/mol. The smallest absolute Gasteiger partial charge is 0.248 e. The van der Waals surface area contributed by atoms with Gasteiger partial charge >= 0.3 is 0 Å². The molecule has 3 N–H and O–H groups in total. The topological polar surface area (TPSA) is 90.0 Å². The number of carbonyl (C=O) groups excluding carboxylic acids is 2. The van der Waals surface area contributed by atoms with E-state index in [1.807, 2.05) is 55.6 Å². The maximum Gasteiger partial charge on any atom is 0.248 e. The summed E-state index contributed by atoms with van der Waals surface area (Å²) in [5.41, 5.74) is 10.4. The van der Waals surface area contributed by atoms with Crippen LogP contribution >= 0.6 is 11.8 Å². The van der Waals surface area contributed by atoms with Crippen LogP contribution in [0.5, 0.6) is 0 Å². The van der Waals surface area contributed by atoms with Gasteiger partial charge in [-0.3, -0.25) is 14.2 Å². The van der Waals surface area contributed by atoms with E-state index in [0.29, 0.717) is 11.3 Å². The van der Waals surface area contributed by atoms with Crippen LogP contribution in [0.2, 0.25) is 0 Å². The van der Waals surface area contributed by atoms with E-state index < -0.39 is 5.91 Å². The molecule has 4 rings (SSSR count). The third-order valence-corrected chi connectivity index (χ3v) is 5.83. The summed E-state index contributed by atoms with van der Waals surface area (Å²) in [6.45, 7) is 2.05. The Morgan fingerprint density at radius 2 is 1.66 bits per heavy atom. The molecule has 0 spiro atoms. The molecule has 0 unspecified atom stereocenters. The fourth-order valence-electron chi connectivity index (χ4n) is 3.24. The van der Waals surface area contributed by atoms with Crippen molar-refractivity contribution in [3.8, 4) is 16.9 Å². The van der Waals surface area contributed by atoms with Gasteiger partial charge in [0.1, 0.15) is 0 Å². The van der Waals surface area contributed by atoms with Crippen molar-refractivity contribution in [1.82, 2.24) is 9.55 Å². The first-order chi connectivity index (χ1) is 15.5. The van der Waals surface area contributed by atoms with Gasteiger partial charge in [-0.15, -0.1) is 0 Å². The van der Waals surface area contributed by atoms with Crippen molar-refractivity contribution in [2.45, 2.75) is 12.1 Å². The Bertz CT molecular complexity index is 1230. The first-order valence-electron chi connectivity index (χ1n) is 10.0. The second-order valence-electron chi connectivity index (χ2n) is 7.24. The number of nitrogens with zero attached hydrogens (tertiary/aromatic N) is 2. The van der Waals surface area contributed by atoms with Crippen molar-refractivity contribution in [1.29, 1.82) is 0 Å². The molecule has 32 heavy (non-hydrogen) atoms. The number of aryl methyl sites for hydroxylation is 1. The monoisotopic (exact) mass is 442 g/mol. The van der Waals surface area contributed by atoms with Gasteiger partial charge in [0.15, 0.2) is 5.16 Å². The summed E-state index contributed by atoms with van der Waals surface area (Å²) in [6.07, 6.45) is 1.83. The van der Waals surface area contributed by atoms with E-state index in [9.17, 15) is 9.59 Å². The van der Waals surface area contributed by atoms with E-state index in [2.05, 4.69) is 27.0 Å². The minimum Gasteiger partial charge on any atom is -0.366 e. The Balaban J connectivity index is 1.54. The highest BCUT2D eigenvalue weighted by Gasteiger charge is 2.15. The average Bonchev–Trinajstić information content (AvgIpc) is 3.23. The number of benzene rings is 3. The molecule has 0 bridgehead atoms. The number of hydrogen-bond acceptors (Lipinski definition) is 4. The number of anilines is 1. The fourth-order valence-corrected chi connectivity index (χ4v) is 4.03. The second kappa shape index (κ2) is 9.53. The highest BCUT2D eigenvalue weighted by molar-refractivity contribution is 7.99. The lowest BCUT2D eigenvalue weighted by molar-refractivity contribution is -0.113. The predicted octanol–water partition coefficient (Wildman–Crippen LogP) is 4.68. The van der Waals surface area contributed by atoms with Gasteiger partial charge in [-0.05, 0) is 43.3 Å². The molecule has 2 amide bonds. The summed E-state index contributed by atoms with van der Waals surface area (Å²) in [5.74, 6) is -0.480. The summed E-state index contributed by atoms with van der Waals surface area (Å²) >= 11 is 1.36. The van der Waals surface area contributed by atoms with Crippen LogP contribution in [-0.2, 0) is 4.79 Å². The highest BCUT2D eigenvalue weighted by Crippen LogP contribution is 2.30. The third kappa shape index (κ3) is 4.90. The van der Waals surface area contributed by atoms with Gasteiger partial charge in [0.05, 0.1) is 17.6 Å². The van der Waals surface area contributed by atoms with E-state index in [4.69, 9.17) is 5.73 Å². The Hall–Kier alpha value is -3.84. The van der Waals surface area contributed by atoms with Crippen LogP contribution in [0.3, 0.4) is 0 Å². The normalized spacial score (nSPS) is 10.7. The summed E-state index contributed by atoms with van der Waals surface area (Å²) in [6, 6.07) is 24.7. The van der Waals surface area contributed by atoms with Crippen LogP contribution in [0, 0.1) is 6.92 Å². The Labute approximate surface area is 190 Å². The van der Waals surface area contributed by atoms with Crippen LogP contribution in [0.25, 0.3) is 16.9 Å². The average molecular weight is 443 g/mol. The number of aromatic nitrogens is 2. The molecular formula is C25H22N4O2S. The quantitative estimate of drug-likeness (QED) is 0.407. The van der Waals surface area contributed by atoms with E-state index >= 15 is 0 Å². The molecule has 0 radical (unpaired) electrons. The van der Waals surface area contributed by atoms with Crippen molar-refractivity contribution in [2.75, 3.05) is 11.1 Å². The lowest BCUT2D eigenvalue weighted by Gasteiger charge is -2.12. The molecule has 1 aromatic heterocycles. The largest absolute Gasteiger partial charge is 0.366 e. The molecule has 0 saturated carbocycles. The molecule has 4 aromatic rings. The molecule has 160 valence electrons. The number of amides is 2. The number of nitrogens with two attached hydrogens (primary N) is 1. The summed E-state index contributed by atoms with van der Waals surface area (Å²) in [4.78, 5) is 28.3. The standard InChI is InChI=1S/C25H22N4O2S/c1-17-7-13-21(14-8-17)29-22(18-5-3-2-4-6-18)15-27-25(29)32-16-23(30)28-20-11-9-19(10-12-20)24(26)31/h2-15H,16H2,1H3,(H2,26,31)(H,28,30). The number of carbonyl (C=O) groups is 2. The van der Waals surface area contributed by atoms with Crippen LogP contribution in [0.1, 0.15) is 15.9 Å². The first kappa shape index (κ1) is 21.4. The molecule has 3 aromatic carbocycles. The number of imidazole rings is 1. The van der Waals surface area contributed by atoms with E-state index in [1.54, 1.807) is 24.3 Å². The van der Waals surface area contributed by atoms with Gasteiger partial charge in [-0.2, -0.15) is 0 Å². The fraction of sp³-hybridized carbons (Fsp3) is 0.0800. The summed E-state index contributed by atoms with van der Waals surface area (Å²) in [7, 11) is 0. The van der Waals surface area contributed by atoms with Crippen molar-refractivity contribution >= 4 is 29.3 Å². The van der Waals surface area contributed by atoms with Crippen molar-refractivity contribution in [3.63, 3.8) is 0 Å². The van der Waals surface area contributed by atoms with E-state index in [-0.39, 0.29) is 11.7 Å². The minimum absolute atomic E-state index is 0.165. The Morgan fingerprint density at radius 1 is 0.969 bits per heavy atom. The number of primary amides is 1. The lowest BCUT2D eigenvalue weighted by atomic mass is 10.1. The number of hydrogen-bond donors (Lipinski definition) is 2. The molecule has 0 aliphatic carbocycles. The van der Waals surface area contributed by atoms with Gasteiger partial charge in [0.2, 0.25) is 11.8 Å². The lowest BCUT2D eigenvalue weighted by Crippen LogP contribution is -2.15. The zero-order valence-corrected chi connectivity index (χ0v) is 18.3. The Morgan fingerprint density at radius 3 is 2.31 bits per heavy atom. The summed E-state index contributed by atoms with van der Waals surface area (Å²) in [5, 5.41) is 3.56. The molecule has 0 aliphatic heterocycles.